The Labute approximate surface area is 139 Å². The zero-order valence-corrected chi connectivity index (χ0v) is 12.9. The number of nitrogens with one attached hydrogen (secondary N) is 2. The number of carboxylic acid groups (broad SMARTS) is 2. The molecular formula is C15H15N3O7. The molecule has 132 valence electrons. The lowest BCUT2D eigenvalue weighted by Crippen LogP contribution is -2.43. The molecule has 10 nitrogen and oxygen atoms in total. The molecule has 4 N–H and O–H groups in total. The van der Waals surface area contributed by atoms with E-state index in [1.807, 2.05) is 5.32 Å². The lowest BCUT2D eigenvalue weighted by atomic mass is 10.2. The van der Waals surface area contributed by atoms with Gasteiger partial charge < -0.3 is 20.5 Å². The normalized spacial score (nSPS) is 11.8. The average Bonchev–Trinajstić information content (AvgIpc) is 2.53. The third-order valence-corrected chi connectivity index (χ3v) is 3.46. The fraction of sp³-hybridized carbons (Fsp3) is 0.267. The van der Waals surface area contributed by atoms with Crippen LogP contribution in [0.25, 0.3) is 10.9 Å². The highest BCUT2D eigenvalue weighted by Crippen LogP contribution is 2.03. The maximum absolute atomic E-state index is 12.3. The Morgan fingerprint density at radius 2 is 1.84 bits per heavy atom. The molecule has 2 rings (SSSR count). The molecule has 0 aliphatic rings. The first-order valence-electron chi connectivity index (χ1n) is 7.25. The summed E-state index contributed by atoms with van der Waals surface area (Å²) >= 11 is 0. The van der Waals surface area contributed by atoms with Gasteiger partial charge in [-0.05, 0) is 12.1 Å². The molecule has 0 unspecified atom stereocenters. The first-order chi connectivity index (χ1) is 11.8. The summed E-state index contributed by atoms with van der Waals surface area (Å²) in [7, 11) is 0. The van der Waals surface area contributed by atoms with Gasteiger partial charge in [0, 0.05) is 13.0 Å². The number of hydrogen-bond donors (Lipinski definition) is 4. The molecule has 0 radical (unpaired) electrons. The summed E-state index contributed by atoms with van der Waals surface area (Å²) in [4.78, 5) is 60.0. The van der Waals surface area contributed by atoms with E-state index in [4.69, 9.17) is 10.2 Å². The Morgan fingerprint density at radius 1 is 1.16 bits per heavy atom. The van der Waals surface area contributed by atoms with Crippen molar-refractivity contribution in [3.63, 3.8) is 0 Å². The number of aliphatic carboxylic acids is 2. The summed E-state index contributed by atoms with van der Waals surface area (Å²) < 4.78 is 0.828. The van der Waals surface area contributed by atoms with Gasteiger partial charge in [-0.25, -0.2) is 9.59 Å². The fourth-order valence-corrected chi connectivity index (χ4v) is 2.26. The summed E-state index contributed by atoms with van der Waals surface area (Å²) in [6, 6.07) is 4.79. The third-order valence-electron chi connectivity index (χ3n) is 3.46. The monoisotopic (exact) mass is 349 g/mol. The van der Waals surface area contributed by atoms with Crippen LogP contribution in [-0.4, -0.2) is 43.7 Å². The number of aromatic amines is 1. The Balaban J connectivity index is 2.13. The Morgan fingerprint density at radius 3 is 2.48 bits per heavy atom. The van der Waals surface area contributed by atoms with Crippen molar-refractivity contribution in [3.8, 4) is 0 Å². The molecule has 1 aromatic carbocycles. The number of H-pyrrole nitrogens is 1. The van der Waals surface area contributed by atoms with Crippen LogP contribution >= 0.6 is 0 Å². The quantitative estimate of drug-likeness (QED) is 0.505. The van der Waals surface area contributed by atoms with Gasteiger partial charge in [0.2, 0.25) is 5.91 Å². The van der Waals surface area contributed by atoms with Gasteiger partial charge in [0.25, 0.3) is 5.56 Å². The van der Waals surface area contributed by atoms with Crippen molar-refractivity contribution in [2.45, 2.75) is 25.4 Å². The van der Waals surface area contributed by atoms with Crippen molar-refractivity contribution in [3.05, 3.63) is 45.1 Å². The number of carbonyl (C=O) groups is 3. The Hall–Kier alpha value is -3.43. The van der Waals surface area contributed by atoms with Crippen molar-refractivity contribution in [1.29, 1.82) is 0 Å². The highest BCUT2D eigenvalue weighted by molar-refractivity contribution is 5.86. The summed E-state index contributed by atoms with van der Waals surface area (Å²) in [6.07, 6.45) is -1.14. The van der Waals surface area contributed by atoms with E-state index < -0.39 is 41.6 Å². The van der Waals surface area contributed by atoms with E-state index in [-0.39, 0.29) is 18.4 Å². The molecule has 1 aromatic heterocycles. The van der Waals surface area contributed by atoms with E-state index in [9.17, 15) is 24.0 Å². The van der Waals surface area contributed by atoms with Crippen LogP contribution in [0.2, 0.25) is 0 Å². The zero-order chi connectivity index (χ0) is 18.6. The second-order valence-corrected chi connectivity index (χ2v) is 5.24. The van der Waals surface area contributed by atoms with E-state index in [1.54, 1.807) is 18.2 Å². The van der Waals surface area contributed by atoms with Crippen LogP contribution in [0, 0.1) is 0 Å². The molecule has 1 amide bonds. The lowest BCUT2D eigenvalue weighted by molar-refractivity contribution is -0.147. The van der Waals surface area contributed by atoms with Crippen molar-refractivity contribution < 1.29 is 24.6 Å². The van der Waals surface area contributed by atoms with Gasteiger partial charge in [0.05, 0.1) is 17.3 Å². The molecule has 10 heteroatoms. The highest BCUT2D eigenvalue weighted by Gasteiger charge is 2.23. The molecule has 0 bridgehead atoms. The number of para-hydroxylation sites is 1. The van der Waals surface area contributed by atoms with Crippen LogP contribution in [0.5, 0.6) is 0 Å². The van der Waals surface area contributed by atoms with Gasteiger partial charge in [0.1, 0.15) is 6.04 Å². The van der Waals surface area contributed by atoms with Crippen LogP contribution in [0.3, 0.4) is 0 Å². The van der Waals surface area contributed by atoms with Crippen LogP contribution in [-0.2, 0) is 20.9 Å². The molecule has 0 saturated heterocycles. The number of rotatable bonds is 7. The van der Waals surface area contributed by atoms with Crippen molar-refractivity contribution in [2.24, 2.45) is 0 Å². The number of hydrogen-bond acceptors (Lipinski definition) is 5. The largest absolute Gasteiger partial charge is 0.481 e. The topological polar surface area (TPSA) is 159 Å². The zero-order valence-electron chi connectivity index (χ0n) is 12.9. The first kappa shape index (κ1) is 17.9. The average molecular weight is 349 g/mol. The maximum Gasteiger partial charge on any atom is 0.328 e. The minimum atomic E-state index is -1.59. The predicted octanol–water partition coefficient (Wildman–Crippen LogP) is -0.876. The van der Waals surface area contributed by atoms with E-state index in [0.29, 0.717) is 5.52 Å². The number of benzene rings is 1. The van der Waals surface area contributed by atoms with Crippen molar-refractivity contribution in [2.75, 3.05) is 0 Å². The smallest absolute Gasteiger partial charge is 0.328 e. The summed E-state index contributed by atoms with van der Waals surface area (Å²) in [5.41, 5.74) is -0.908. The number of carbonyl (C=O) groups excluding carboxylic acids is 1. The van der Waals surface area contributed by atoms with Crippen LogP contribution < -0.4 is 16.6 Å². The SMILES string of the molecule is O=C(O)C[C@H](NC(=O)CCn1c(=O)[nH]c2ccccc2c1=O)C(=O)O. The molecule has 25 heavy (non-hydrogen) atoms. The molecule has 1 heterocycles. The van der Waals surface area contributed by atoms with Gasteiger partial charge in [-0.1, -0.05) is 12.1 Å². The van der Waals surface area contributed by atoms with Gasteiger partial charge in [-0.15, -0.1) is 0 Å². The molecular weight excluding hydrogens is 334 g/mol. The molecule has 0 fully saturated rings. The second kappa shape index (κ2) is 7.43. The molecule has 1 atom stereocenters. The minimum Gasteiger partial charge on any atom is -0.481 e. The molecule has 0 spiro atoms. The predicted molar refractivity (Wildman–Crippen MR) is 85.3 cm³/mol. The van der Waals surface area contributed by atoms with Crippen molar-refractivity contribution in [1.82, 2.24) is 14.9 Å². The van der Waals surface area contributed by atoms with Crippen LogP contribution in [0.1, 0.15) is 12.8 Å². The fourth-order valence-electron chi connectivity index (χ4n) is 2.26. The minimum absolute atomic E-state index is 0.274. The lowest BCUT2D eigenvalue weighted by Gasteiger charge is -2.12. The van der Waals surface area contributed by atoms with Crippen LogP contribution in [0.15, 0.2) is 33.9 Å². The van der Waals surface area contributed by atoms with Crippen LogP contribution in [0.4, 0.5) is 0 Å². The summed E-state index contributed by atoms with van der Waals surface area (Å²) in [6.45, 7) is -0.274. The van der Waals surface area contributed by atoms with E-state index in [0.717, 1.165) is 4.57 Å². The van der Waals surface area contributed by atoms with E-state index in [2.05, 4.69) is 4.98 Å². The standard InChI is InChI=1S/C15H15N3O7/c19-11(16-10(14(23)24)7-12(20)21)5-6-18-13(22)8-3-1-2-4-9(8)17-15(18)25/h1-4,10H,5-7H2,(H,16,19)(H,17,25)(H,20,21)(H,23,24)/t10-/m0/s1. The summed E-state index contributed by atoms with van der Waals surface area (Å²) in [5.74, 6) is -3.65. The molecule has 0 saturated carbocycles. The van der Waals surface area contributed by atoms with Crippen molar-refractivity contribution >= 4 is 28.7 Å². The van der Waals surface area contributed by atoms with Gasteiger partial charge >= 0.3 is 17.6 Å². The number of nitrogens with zero attached hydrogens (tertiary/aromatic N) is 1. The van der Waals surface area contributed by atoms with E-state index >= 15 is 0 Å². The Kier molecular flexibility index (Phi) is 5.32. The summed E-state index contributed by atoms with van der Waals surface area (Å²) in [5, 5.41) is 19.8. The number of amides is 1. The first-order valence-corrected chi connectivity index (χ1v) is 7.25. The maximum atomic E-state index is 12.3. The third kappa shape index (κ3) is 4.31. The Bertz CT molecular complexity index is 944. The van der Waals surface area contributed by atoms with E-state index in [1.165, 1.54) is 6.07 Å². The number of aromatic nitrogens is 2. The highest BCUT2D eigenvalue weighted by atomic mass is 16.4. The molecule has 0 aliphatic carbocycles. The van der Waals surface area contributed by atoms with Gasteiger partial charge in [-0.2, -0.15) is 0 Å². The van der Waals surface area contributed by atoms with Gasteiger partial charge in [-0.3, -0.25) is 19.0 Å². The number of fused-ring (bicyclic) bond motifs is 1. The second-order valence-electron chi connectivity index (χ2n) is 5.24. The molecule has 0 aliphatic heterocycles. The molecule has 2 aromatic rings. The van der Waals surface area contributed by atoms with Gasteiger partial charge in [0.15, 0.2) is 0 Å². The number of carboxylic acids is 2.